The lowest BCUT2D eigenvalue weighted by molar-refractivity contribution is -0.130. The summed E-state index contributed by atoms with van der Waals surface area (Å²) >= 11 is 0. The minimum atomic E-state index is 0.0369. The maximum atomic E-state index is 12.4. The van der Waals surface area contributed by atoms with Gasteiger partial charge in [-0.25, -0.2) is 4.68 Å². The second-order valence-electron chi connectivity index (χ2n) is 5.87. The number of carbonyl (C=O) groups excluding carboxylic acids is 1. The fourth-order valence-corrected chi connectivity index (χ4v) is 3.25. The van der Waals surface area contributed by atoms with Crippen LogP contribution in [-0.4, -0.2) is 45.0 Å². The van der Waals surface area contributed by atoms with E-state index in [0.29, 0.717) is 26.1 Å². The Bertz CT molecular complexity index is 670. The van der Waals surface area contributed by atoms with Gasteiger partial charge in [-0.1, -0.05) is 35.5 Å². The Hall–Kier alpha value is -2.21. The van der Waals surface area contributed by atoms with Crippen LogP contribution in [0.15, 0.2) is 36.5 Å². The Morgan fingerprint density at radius 2 is 2.14 bits per heavy atom. The van der Waals surface area contributed by atoms with Gasteiger partial charge in [0, 0.05) is 19.5 Å². The zero-order valence-corrected chi connectivity index (χ0v) is 12.3. The van der Waals surface area contributed by atoms with Gasteiger partial charge in [0.25, 0.3) is 0 Å². The molecule has 2 atom stereocenters. The van der Waals surface area contributed by atoms with Gasteiger partial charge in [-0.15, -0.1) is 5.10 Å². The molecule has 0 saturated carbocycles. The molecule has 114 valence electrons. The van der Waals surface area contributed by atoms with Gasteiger partial charge < -0.3 is 9.64 Å². The molecule has 22 heavy (non-hydrogen) atoms. The fourth-order valence-electron chi connectivity index (χ4n) is 3.25. The fraction of sp³-hybridized carbons (Fsp3) is 0.438. The summed E-state index contributed by atoms with van der Waals surface area (Å²) in [6, 6.07) is 10.2. The highest BCUT2D eigenvalue weighted by Gasteiger charge is 2.40. The Morgan fingerprint density at radius 3 is 3.00 bits per heavy atom. The topological polar surface area (TPSA) is 60.3 Å². The zero-order valence-electron chi connectivity index (χ0n) is 12.3. The summed E-state index contributed by atoms with van der Waals surface area (Å²) in [5, 5.41) is 8.08. The van der Waals surface area contributed by atoms with Crippen molar-refractivity contribution in [2.45, 2.75) is 31.6 Å². The molecule has 1 aromatic carbocycles. The molecule has 1 fully saturated rings. The number of benzene rings is 1. The second kappa shape index (κ2) is 5.53. The lowest BCUT2D eigenvalue weighted by Gasteiger charge is -2.25. The van der Waals surface area contributed by atoms with E-state index in [-0.39, 0.29) is 18.1 Å². The Morgan fingerprint density at radius 1 is 1.27 bits per heavy atom. The molecule has 2 aromatic rings. The molecule has 1 amide bonds. The summed E-state index contributed by atoms with van der Waals surface area (Å²) in [5.41, 5.74) is 2.18. The van der Waals surface area contributed by atoms with Crippen molar-refractivity contribution in [2.24, 2.45) is 0 Å². The van der Waals surface area contributed by atoms with Crippen molar-refractivity contribution < 1.29 is 9.53 Å². The lowest BCUT2D eigenvalue weighted by atomic mass is 10.1. The Labute approximate surface area is 128 Å². The molecule has 0 radical (unpaired) electrons. The van der Waals surface area contributed by atoms with E-state index in [1.807, 2.05) is 27.8 Å². The number of rotatable bonds is 3. The first-order valence-electron chi connectivity index (χ1n) is 7.63. The van der Waals surface area contributed by atoms with Crippen molar-refractivity contribution in [2.75, 3.05) is 13.1 Å². The van der Waals surface area contributed by atoms with Crippen LogP contribution in [-0.2, 0) is 22.6 Å². The summed E-state index contributed by atoms with van der Waals surface area (Å²) in [6.07, 6.45) is 3.08. The largest absolute Gasteiger partial charge is 0.368 e. The highest BCUT2D eigenvalue weighted by atomic mass is 16.5. The number of aryl methyl sites for hydroxylation is 1. The van der Waals surface area contributed by atoms with Crippen molar-refractivity contribution in [3.05, 3.63) is 47.8 Å². The van der Waals surface area contributed by atoms with Crippen molar-refractivity contribution in [1.29, 1.82) is 0 Å². The van der Waals surface area contributed by atoms with Crippen LogP contribution in [0.4, 0.5) is 0 Å². The average molecular weight is 298 g/mol. The van der Waals surface area contributed by atoms with Crippen molar-refractivity contribution in [3.8, 4) is 0 Å². The van der Waals surface area contributed by atoms with Gasteiger partial charge in [-0.3, -0.25) is 4.79 Å². The summed E-state index contributed by atoms with van der Waals surface area (Å²) in [6.45, 7) is 1.84. The minimum Gasteiger partial charge on any atom is -0.368 e. The normalized spacial score (nSPS) is 23.2. The molecule has 0 bridgehead atoms. The first kappa shape index (κ1) is 13.5. The average Bonchev–Trinajstić information content (AvgIpc) is 3.19. The van der Waals surface area contributed by atoms with Crippen LogP contribution in [0.3, 0.4) is 0 Å². The number of nitrogens with zero attached hydrogens (tertiary/aromatic N) is 4. The number of hydrogen-bond acceptors (Lipinski definition) is 4. The third-order valence-corrected chi connectivity index (χ3v) is 4.47. The number of likely N-dealkylation sites (tertiary alicyclic amines) is 1. The van der Waals surface area contributed by atoms with Gasteiger partial charge in [0.2, 0.25) is 5.91 Å². The van der Waals surface area contributed by atoms with E-state index >= 15 is 0 Å². The molecule has 1 aromatic heterocycles. The molecule has 3 heterocycles. The number of ether oxygens (including phenoxy) is 1. The summed E-state index contributed by atoms with van der Waals surface area (Å²) in [4.78, 5) is 14.3. The number of fused-ring (bicyclic) bond motifs is 3. The monoisotopic (exact) mass is 298 g/mol. The van der Waals surface area contributed by atoms with Crippen LogP contribution in [0, 0.1) is 0 Å². The van der Waals surface area contributed by atoms with E-state index in [1.54, 1.807) is 6.20 Å². The quantitative estimate of drug-likeness (QED) is 0.854. The maximum absolute atomic E-state index is 12.4. The predicted octanol–water partition coefficient (Wildman–Crippen LogP) is 1.19. The highest BCUT2D eigenvalue weighted by molar-refractivity contribution is 5.77. The molecule has 2 aliphatic heterocycles. The van der Waals surface area contributed by atoms with Crippen LogP contribution >= 0.6 is 0 Å². The number of hydrogen-bond donors (Lipinski definition) is 0. The van der Waals surface area contributed by atoms with E-state index in [9.17, 15) is 4.79 Å². The number of amides is 1. The SMILES string of the molecule is O=C(CCc1ccccc1)N1CC2OCc3cnnn3[C@@H]2C1. The van der Waals surface area contributed by atoms with Crippen LogP contribution in [0.25, 0.3) is 0 Å². The van der Waals surface area contributed by atoms with Crippen LogP contribution in [0.2, 0.25) is 0 Å². The van der Waals surface area contributed by atoms with Gasteiger partial charge in [0.15, 0.2) is 0 Å². The maximum Gasteiger partial charge on any atom is 0.223 e. The van der Waals surface area contributed by atoms with Crippen molar-refractivity contribution in [1.82, 2.24) is 19.9 Å². The van der Waals surface area contributed by atoms with Gasteiger partial charge >= 0.3 is 0 Å². The van der Waals surface area contributed by atoms with Crippen LogP contribution in [0.5, 0.6) is 0 Å². The van der Waals surface area contributed by atoms with Crippen LogP contribution in [0.1, 0.15) is 23.7 Å². The van der Waals surface area contributed by atoms with Crippen molar-refractivity contribution >= 4 is 5.91 Å². The predicted molar refractivity (Wildman–Crippen MR) is 79.0 cm³/mol. The highest BCUT2D eigenvalue weighted by Crippen LogP contribution is 2.30. The third-order valence-electron chi connectivity index (χ3n) is 4.47. The van der Waals surface area contributed by atoms with E-state index in [1.165, 1.54) is 5.56 Å². The minimum absolute atomic E-state index is 0.0369. The molecule has 0 N–H and O–H groups in total. The summed E-state index contributed by atoms with van der Waals surface area (Å²) < 4.78 is 7.75. The van der Waals surface area contributed by atoms with Gasteiger partial charge in [0.1, 0.15) is 0 Å². The second-order valence-corrected chi connectivity index (χ2v) is 5.87. The molecule has 6 heteroatoms. The molecular formula is C16H18N4O2. The zero-order chi connectivity index (χ0) is 14.9. The van der Waals surface area contributed by atoms with E-state index in [0.717, 1.165) is 12.1 Å². The van der Waals surface area contributed by atoms with Gasteiger partial charge in [0.05, 0.1) is 30.6 Å². The van der Waals surface area contributed by atoms with E-state index in [2.05, 4.69) is 22.4 Å². The molecule has 4 rings (SSSR count). The molecule has 1 unspecified atom stereocenters. The molecule has 1 saturated heterocycles. The number of aromatic nitrogens is 3. The number of carbonyl (C=O) groups is 1. The van der Waals surface area contributed by atoms with E-state index in [4.69, 9.17) is 4.74 Å². The summed E-state index contributed by atoms with van der Waals surface area (Å²) in [7, 11) is 0. The molecule has 6 nitrogen and oxygen atoms in total. The van der Waals surface area contributed by atoms with E-state index < -0.39 is 0 Å². The Kier molecular flexibility index (Phi) is 3.38. The molecule has 2 aliphatic rings. The smallest absolute Gasteiger partial charge is 0.223 e. The standard InChI is InChI=1S/C16H18N4O2/c21-16(7-6-12-4-2-1-3-5-12)19-9-14-15(10-19)22-11-13-8-17-18-20(13)14/h1-5,8,14-15H,6-7,9-11H2/t14-,15?/m1/s1. The summed E-state index contributed by atoms with van der Waals surface area (Å²) in [5.74, 6) is 0.184. The molecule has 0 aliphatic carbocycles. The lowest BCUT2D eigenvalue weighted by Crippen LogP contribution is -2.32. The molecular weight excluding hydrogens is 280 g/mol. The van der Waals surface area contributed by atoms with Crippen molar-refractivity contribution in [3.63, 3.8) is 0 Å². The molecule has 0 spiro atoms. The van der Waals surface area contributed by atoms with Gasteiger partial charge in [-0.2, -0.15) is 0 Å². The third kappa shape index (κ3) is 2.39. The first-order chi connectivity index (χ1) is 10.8. The van der Waals surface area contributed by atoms with Crippen LogP contribution < -0.4 is 0 Å². The van der Waals surface area contributed by atoms with Gasteiger partial charge in [-0.05, 0) is 12.0 Å². The first-order valence-corrected chi connectivity index (χ1v) is 7.63. The Balaban J connectivity index is 1.40.